The Balaban J connectivity index is 2.77. The number of carbonyl (C=O) groups is 6. The number of nitrogen functional groups attached to an aromatic ring is 1. The van der Waals surface area contributed by atoms with E-state index in [2.05, 4.69) is 5.32 Å². The van der Waals surface area contributed by atoms with E-state index in [1.165, 1.54) is 24.3 Å². The number of anilines is 1. The summed E-state index contributed by atoms with van der Waals surface area (Å²) >= 11 is 0. The van der Waals surface area contributed by atoms with Gasteiger partial charge in [0.25, 0.3) is 0 Å². The first-order valence-corrected chi connectivity index (χ1v) is 12.4. The first kappa shape index (κ1) is 32.8. The average Bonchev–Trinajstić information content (AvgIpc) is 2.86. The monoisotopic (exact) mass is 582 g/mol. The van der Waals surface area contributed by atoms with E-state index >= 15 is 0 Å². The van der Waals surface area contributed by atoms with Crippen molar-refractivity contribution in [2.24, 2.45) is 0 Å². The lowest BCUT2D eigenvalue weighted by molar-refractivity contribution is -0.289. The number of hydrogen-bond acceptors (Lipinski definition) is 14. The number of nitrogens with two attached hydrogens (primary N) is 1. The first-order valence-electron chi connectivity index (χ1n) is 12.4. The van der Waals surface area contributed by atoms with E-state index in [4.69, 9.17) is 38.9 Å². The van der Waals surface area contributed by atoms with Gasteiger partial charge in [-0.1, -0.05) is 0 Å². The molecule has 0 saturated carbocycles. The molecular formula is C26H34N2O13. The maximum Gasteiger partial charge on any atom is 0.379 e. The minimum absolute atomic E-state index is 0.0865. The molecule has 1 aromatic rings. The fraction of sp³-hybridized carbons (Fsp3) is 0.538. The molecule has 0 radical (unpaired) electrons. The Hall–Kier alpha value is -4.40. The molecule has 1 fully saturated rings. The van der Waals surface area contributed by atoms with Gasteiger partial charge in [-0.3, -0.25) is 24.0 Å². The molecule has 41 heavy (non-hydrogen) atoms. The summed E-state index contributed by atoms with van der Waals surface area (Å²) in [6.45, 7) is 4.86. The summed E-state index contributed by atoms with van der Waals surface area (Å²) < 4.78 is 38.4. The highest BCUT2D eigenvalue weighted by molar-refractivity contribution is 5.79. The van der Waals surface area contributed by atoms with Gasteiger partial charge in [-0.2, -0.15) is 0 Å². The minimum atomic E-state index is -2.36. The summed E-state index contributed by atoms with van der Waals surface area (Å²) in [7, 11) is 1.06. The van der Waals surface area contributed by atoms with Crippen LogP contribution in [-0.4, -0.2) is 85.7 Å². The normalized spacial score (nSPS) is 23.1. The van der Waals surface area contributed by atoms with E-state index < -0.39 is 85.0 Å². The number of ether oxygens (including phenoxy) is 7. The molecule has 0 bridgehead atoms. The van der Waals surface area contributed by atoms with Crippen molar-refractivity contribution >= 4 is 41.4 Å². The zero-order valence-corrected chi connectivity index (χ0v) is 23.5. The van der Waals surface area contributed by atoms with Crippen molar-refractivity contribution in [3.8, 4) is 5.75 Å². The maximum atomic E-state index is 13.3. The molecule has 15 heteroatoms. The molecule has 1 aromatic carbocycles. The summed E-state index contributed by atoms with van der Waals surface area (Å²) in [4.78, 5) is 73.5. The molecule has 226 valence electrons. The molecule has 3 N–H and O–H groups in total. The average molecular weight is 583 g/mol. The van der Waals surface area contributed by atoms with E-state index in [1.807, 2.05) is 0 Å². The number of carbonyl (C=O) groups excluding carboxylic acids is 6. The minimum Gasteiger partial charge on any atom is -0.464 e. The third-order valence-corrected chi connectivity index (χ3v) is 5.66. The van der Waals surface area contributed by atoms with Crippen LogP contribution in [0.1, 0.15) is 41.0 Å². The topological polar surface area (TPSA) is 205 Å². The molecular weight excluding hydrogens is 548 g/mol. The van der Waals surface area contributed by atoms with Crippen LogP contribution in [-0.2, 0) is 57.2 Å². The van der Waals surface area contributed by atoms with Gasteiger partial charge in [-0.05, 0) is 24.3 Å². The van der Waals surface area contributed by atoms with Crippen LogP contribution in [0.5, 0.6) is 5.75 Å². The van der Waals surface area contributed by atoms with E-state index in [-0.39, 0.29) is 5.75 Å². The Morgan fingerprint density at radius 3 is 2.05 bits per heavy atom. The molecule has 6 atom stereocenters. The zero-order chi connectivity index (χ0) is 30.9. The number of benzene rings is 1. The van der Waals surface area contributed by atoms with E-state index in [9.17, 15) is 28.8 Å². The van der Waals surface area contributed by atoms with Gasteiger partial charge in [0.1, 0.15) is 24.6 Å². The largest absolute Gasteiger partial charge is 0.464 e. The zero-order valence-electron chi connectivity index (χ0n) is 23.5. The Morgan fingerprint density at radius 1 is 0.951 bits per heavy atom. The van der Waals surface area contributed by atoms with Crippen LogP contribution in [0, 0.1) is 0 Å². The third-order valence-electron chi connectivity index (χ3n) is 5.66. The highest BCUT2D eigenvalue weighted by Crippen LogP contribution is 2.38. The van der Waals surface area contributed by atoms with Crippen molar-refractivity contribution in [2.75, 3.05) is 19.5 Å². The quantitative estimate of drug-likeness (QED) is 0.203. The van der Waals surface area contributed by atoms with Gasteiger partial charge in [0.05, 0.1) is 19.6 Å². The van der Waals surface area contributed by atoms with Crippen molar-refractivity contribution in [1.82, 2.24) is 5.32 Å². The van der Waals surface area contributed by atoms with Crippen LogP contribution >= 0.6 is 0 Å². The summed E-state index contributed by atoms with van der Waals surface area (Å²) in [5.74, 6) is -7.25. The number of rotatable bonds is 11. The molecule has 0 aliphatic carbocycles. The lowest BCUT2D eigenvalue weighted by Crippen LogP contribution is -2.70. The molecule has 1 saturated heterocycles. The molecule has 1 amide bonds. The van der Waals surface area contributed by atoms with Crippen LogP contribution < -0.4 is 15.8 Å². The van der Waals surface area contributed by atoms with Crippen LogP contribution in [0.2, 0.25) is 0 Å². The lowest BCUT2D eigenvalue weighted by atomic mass is 9.88. The first-order chi connectivity index (χ1) is 19.2. The number of esters is 5. The molecule has 0 spiro atoms. The van der Waals surface area contributed by atoms with Gasteiger partial charge in [0, 0.05) is 40.3 Å². The second-order valence-electron chi connectivity index (χ2n) is 9.10. The predicted octanol–water partition coefficient (Wildman–Crippen LogP) is 0.169. The van der Waals surface area contributed by atoms with Crippen LogP contribution in [0.3, 0.4) is 0 Å². The van der Waals surface area contributed by atoms with E-state index in [0.717, 1.165) is 41.7 Å². The Morgan fingerprint density at radius 2 is 1.56 bits per heavy atom. The highest BCUT2D eigenvalue weighted by Gasteiger charge is 2.60. The molecule has 1 aliphatic heterocycles. The van der Waals surface area contributed by atoms with Gasteiger partial charge in [0.15, 0.2) is 12.2 Å². The number of amides is 1. The fourth-order valence-corrected chi connectivity index (χ4v) is 4.23. The summed E-state index contributed by atoms with van der Waals surface area (Å²) in [6, 6.07) is 4.54. The maximum absolute atomic E-state index is 13.3. The second kappa shape index (κ2) is 14.3. The van der Waals surface area contributed by atoms with Crippen molar-refractivity contribution in [2.45, 2.75) is 77.3 Å². The molecule has 1 heterocycles. The number of hydrogen-bond donors (Lipinski definition) is 2. The van der Waals surface area contributed by atoms with Crippen LogP contribution in [0.15, 0.2) is 24.3 Å². The van der Waals surface area contributed by atoms with E-state index in [0.29, 0.717) is 5.69 Å². The molecule has 1 aliphatic rings. The molecule has 0 unspecified atom stereocenters. The van der Waals surface area contributed by atoms with Crippen molar-refractivity contribution in [3.05, 3.63) is 24.3 Å². The standard InChI is InChI=1S/C26H34N2O13/c1-13(29)28-22-20(37-15(3)31)11-26(25(34)35-6,40-19-9-7-18(27)8-10-19)41-24(22)23(39-17(5)33)21(38-16(4)32)12-36-14(2)30/h7-10,20-24H,11-12,27H2,1-6H3,(H,28,29)/t20-,21+,22+,23+,24+,26+/m0/s1. The Labute approximate surface area is 235 Å². The van der Waals surface area contributed by atoms with Crippen molar-refractivity contribution in [3.63, 3.8) is 0 Å². The van der Waals surface area contributed by atoms with Crippen LogP contribution in [0.4, 0.5) is 5.69 Å². The summed E-state index contributed by atoms with van der Waals surface area (Å²) in [6.07, 6.45) is -6.61. The van der Waals surface area contributed by atoms with Crippen molar-refractivity contribution in [1.29, 1.82) is 0 Å². The SMILES string of the molecule is COC(=O)[C@@]1(Oc2ccc(N)cc2)C[C@H](OC(C)=O)[C@@H](NC(C)=O)[C@H]([C@H](OC(C)=O)[C@@H](COC(C)=O)OC(C)=O)O1. The van der Waals surface area contributed by atoms with Gasteiger partial charge >= 0.3 is 35.6 Å². The Kier molecular flexibility index (Phi) is 11.4. The van der Waals surface area contributed by atoms with Gasteiger partial charge in [0.2, 0.25) is 5.91 Å². The summed E-state index contributed by atoms with van der Waals surface area (Å²) in [5, 5.41) is 2.58. The van der Waals surface area contributed by atoms with Gasteiger partial charge in [-0.15, -0.1) is 0 Å². The number of methoxy groups -OCH3 is 1. The third kappa shape index (κ3) is 9.34. The molecule has 2 rings (SSSR count). The predicted molar refractivity (Wildman–Crippen MR) is 137 cm³/mol. The van der Waals surface area contributed by atoms with Gasteiger partial charge in [-0.25, -0.2) is 4.79 Å². The highest BCUT2D eigenvalue weighted by atomic mass is 16.7. The van der Waals surface area contributed by atoms with Crippen molar-refractivity contribution < 1.29 is 61.9 Å². The second-order valence-corrected chi connectivity index (χ2v) is 9.10. The lowest BCUT2D eigenvalue weighted by Gasteiger charge is -2.48. The molecule has 0 aromatic heterocycles. The molecule has 15 nitrogen and oxygen atoms in total. The van der Waals surface area contributed by atoms with Crippen LogP contribution in [0.25, 0.3) is 0 Å². The van der Waals surface area contributed by atoms with E-state index in [1.54, 1.807) is 0 Å². The smallest absolute Gasteiger partial charge is 0.379 e. The Bertz CT molecular complexity index is 1140. The fourth-order valence-electron chi connectivity index (χ4n) is 4.23. The van der Waals surface area contributed by atoms with Gasteiger partial charge < -0.3 is 44.2 Å². The number of nitrogens with one attached hydrogen (secondary N) is 1. The summed E-state index contributed by atoms with van der Waals surface area (Å²) in [5.41, 5.74) is 6.14.